The molecule has 0 aliphatic rings. The van der Waals surface area contributed by atoms with E-state index < -0.39 is 0 Å². The second-order valence-electron chi connectivity index (χ2n) is 3.11. The van der Waals surface area contributed by atoms with Gasteiger partial charge in [0.2, 0.25) is 0 Å². The van der Waals surface area contributed by atoms with Gasteiger partial charge in [0, 0.05) is 12.7 Å². The quantitative estimate of drug-likeness (QED) is 0.704. The third-order valence-electron chi connectivity index (χ3n) is 1.34. The summed E-state index contributed by atoms with van der Waals surface area (Å²) < 4.78 is 2.12. The number of nitrogens with zero attached hydrogens (tertiary/aromatic N) is 2. The highest BCUT2D eigenvalue weighted by Crippen LogP contribution is 1.99. The lowest BCUT2D eigenvalue weighted by molar-refractivity contribution is 0.522. The standard InChI is InChI=1S/C8H14N2.2C2H6/c1-7(2)4-10-5-8(3)9-6-10;2*1-2/h5-7H,4H2,1-3H3;2*1-2H3. The predicted molar refractivity (Wildman–Crippen MR) is 64.5 cm³/mol. The van der Waals surface area contributed by atoms with Gasteiger partial charge in [-0.15, -0.1) is 0 Å². The molecule has 1 heterocycles. The molecule has 84 valence electrons. The van der Waals surface area contributed by atoms with E-state index in [0.29, 0.717) is 5.92 Å². The zero-order valence-corrected chi connectivity index (χ0v) is 10.8. The lowest BCUT2D eigenvalue weighted by Gasteiger charge is -2.03. The molecule has 1 aromatic rings. The first-order valence-electron chi connectivity index (χ1n) is 5.67. The van der Waals surface area contributed by atoms with Gasteiger partial charge in [0.1, 0.15) is 0 Å². The molecule has 0 aliphatic carbocycles. The van der Waals surface area contributed by atoms with Gasteiger partial charge >= 0.3 is 0 Å². The predicted octanol–water partition coefficient (Wildman–Crippen LogP) is 3.90. The maximum Gasteiger partial charge on any atom is 0.0949 e. The second-order valence-corrected chi connectivity index (χ2v) is 3.11. The fourth-order valence-electron chi connectivity index (χ4n) is 0.993. The molecule has 2 heteroatoms. The van der Waals surface area contributed by atoms with Gasteiger partial charge in [0.15, 0.2) is 0 Å². The first kappa shape index (κ1) is 15.7. The summed E-state index contributed by atoms with van der Waals surface area (Å²) in [6, 6.07) is 0. The number of imidazole rings is 1. The molecule has 0 N–H and O–H groups in total. The monoisotopic (exact) mass is 198 g/mol. The third kappa shape index (κ3) is 7.84. The van der Waals surface area contributed by atoms with Crippen LogP contribution >= 0.6 is 0 Å². The number of hydrogen-bond donors (Lipinski definition) is 0. The van der Waals surface area contributed by atoms with Crippen LogP contribution < -0.4 is 0 Å². The summed E-state index contributed by atoms with van der Waals surface area (Å²) in [5, 5.41) is 0. The summed E-state index contributed by atoms with van der Waals surface area (Å²) in [4.78, 5) is 4.13. The van der Waals surface area contributed by atoms with Gasteiger partial charge in [-0.25, -0.2) is 4.98 Å². The number of rotatable bonds is 2. The Bertz CT molecular complexity index is 202. The Balaban J connectivity index is 0. The first-order chi connectivity index (χ1) is 6.68. The number of aryl methyl sites for hydroxylation is 1. The fourth-order valence-corrected chi connectivity index (χ4v) is 0.993. The molecule has 0 saturated heterocycles. The van der Waals surface area contributed by atoms with Crippen molar-refractivity contribution >= 4 is 0 Å². The van der Waals surface area contributed by atoms with Crippen molar-refractivity contribution in [2.45, 2.75) is 55.0 Å². The van der Waals surface area contributed by atoms with Gasteiger partial charge in [-0.2, -0.15) is 0 Å². The zero-order chi connectivity index (χ0) is 11.6. The minimum absolute atomic E-state index is 0.702. The van der Waals surface area contributed by atoms with E-state index in [9.17, 15) is 0 Å². The molecule has 14 heavy (non-hydrogen) atoms. The molecule has 2 nitrogen and oxygen atoms in total. The van der Waals surface area contributed by atoms with Gasteiger partial charge in [-0.1, -0.05) is 41.5 Å². The van der Waals surface area contributed by atoms with Crippen molar-refractivity contribution in [2.75, 3.05) is 0 Å². The van der Waals surface area contributed by atoms with Gasteiger partial charge in [-0.05, 0) is 12.8 Å². The van der Waals surface area contributed by atoms with E-state index >= 15 is 0 Å². The SMILES string of the molecule is CC.CC.Cc1cn(CC(C)C)cn1. The van der Waals surface area contributed by atoms with Crippen LogP contribution in [0.25, 0.3) is 0 Å². The van der Waals surface area contributed by atoms with Crippen LogP contribution in [0, 0.1) is 12.8 Å². The van der Waals surface area contributed by atoms with E-state index in [1.165, 1.54) is 0 Å². The number of hydrogen-bond acceptors (Lipinski definition) is 1. The lowest BCUT2D eigenvalue weighted by atomic mass is 10.2. The average molecular weight is 198 g/mol. The van der Waals surface area contributed by atoms with Crippen molar-refractivity contribution in [1.82, 2.24) is 9.55 Å². The maximum atomic E-state index is 4.13. The average Bonchev–Trinajstić information content (AvgIpc) is 2.57. The zero-order valence-electron chi connectivity index (χ0n) is 10.8. The van der Waals surface area contributed by atoms with Crippen molar-refractivity contribution in [3.8, 4) is 0 Å². The van der Waals surface area contributed by atoms with E-state index in [0.717, 1.165) is 12.2 Å². The molecule has 0 bridgehead atoms. The molecule has 1 rings (SSSR count). The molecule has 0 spiro atoms. The van der Waals surface area contributed by atoms with Crippen molar-refractivity contribution < 1.29 is 0 Å². The largest absolute Gasteiger partial charge is 0.337 e. The molecule has 0 aliphatic heterocycles. The lowest BCUT2D eigenvalue weighted by Crippen LogP contribution is -2.00. The summed E-state index contributed by atoms with van der Waals surface area (Å²) in [5.74, 6) is 0.702. The fraction of sp³-hybridized carbons (Fsp3) is 0.750. The highest BCUT2D eigenvalue weighted by Gasteiger charge is 1.95. The summed E-state index contributed by atoms with van der Waals surface area (Å²) in [6.45, 7) is 15.5. The normalized spacial score (nSPS) is 8.57. The Morgan fingerprint density at radius 1 is 1.21 bits per heavy atom. The minimum Gasteiger partial charge on any atom is -0.337 e. The van der Waals surface area contributed by atoms with Crippen LogP contribution in [0.3, 0.4) is 0 Å². The molecule has 0 fully saturated rings. The van der Waals surface area contributed by atoms with E-state index in [4.69, 9.17) is 0 Å². The van der Waals surface area contributed by atoms with E-state index in [-0.39, 0.29) is 0 Å². The van der Waals surface area contributed by atoms with Gasteiger partial charge in [-0.3, -0.25) is 0 Å². The van der Waals surface area contributed by atoms with Crippen LogP contribution in [-0.4, -0.2) is 9.55 Å². The van der Waals surface area contributed by atoms with Crippen molar-refractivity contribution in [3.63, 3.8) is 0 Å². The molecule has 0 saturated carbocycles. The minimum atomic E-state index is 0.702. The van der Waals surface area contributed by atoms with E-state index in [1.54, 1.807) is 0 Å². The molecule has 1 aromatic heterocycles. The smallest absolute Gasteiger partial charge is 0.0949 e. The summed E-state index contributed by atoms with van der Waals surface area (Å²) >= 11 is 0. The van der Waals surface area contributed by atoms with Crippen molar-refractivity contribution in [1.29, 1.82) is 0 Å². The first-order valence-corrected chi connectivity index (χ1v) is 5.67. The molecular weight excluding hydrogens is 172 g/mol. The Morgan fingerprint density at radius 2 is 1.71 bits per heavy atom. The van der Waals surface area contributed by atoms with Crippen molar-refractivity contribution in [2.24, 2.45) is 5.92 Å². The highest BCUT2D eigenvalue weighted by atomic mass is 15.0. The van der Waals surface area contributed by atoms with E-state index in [1.807, 2.05) is 40.9 Å². The number of aromatic nitrogens is 2. The van der Waals surface area contributed by atoms with Gasteiger partial charge in [0.05, 0.1) is 12.0 Å². The molecular formula is C12H26N2. The third-order valence-corrected chi connectivity index (χ3v) is 1.34. The van der Waals surface area contributed by atoms with E-state index in [2.05, 4.69) is 29.6 Å². The molecule has 0 aromatic carbocycles. The second kappa shape index (κ2) is 10.3. The van der Waals surface area contributed by atoms with Crippen LogP contribution in [0.5, 0.6) is 0 Å². The van der Waals surface area contributed by atoms with Crippen LogP contribution in [0.2, 0.25) is 0 Å². The van der Waals surface area contributed by atoms with Crippen LogP contribution in [-0.2, 0) is 6.54 Å². The summed E-state index contributed by atoms with van der Waals surface area (Å²) in [7, 11) is 0. The Labute approximate surface area is 89.4 Å². The molecule has 0 radical (unpaired) electrons. The van der Waals surface area contributed by atoms with Gasteiger partial charge < -0.3 is 4.57 Å². The van der Waals surface area contributed by atoms with Crippen LogP contribution in [0.1, 0.15) is 47.2 Å². The maximum absolute atomic E-state index is 4.13. The molecule has 0 unspecified atom stereocenters. The Morgan fingerprint density at radius 3 is 2.00 bits per heavy atom. The van der Waals surface area contributed by atoms with Crippen molar-refractivity contribution in [3.05, 3.63) is 18.2 Å². The molecule has 0 atom stereocenters. The highest BCUT2D eigenvalue weighted by molar-refractivity contribution is 4.91. The van der Waals surface area contributed by atoms with Crippen LogP contribution in [0.4, 0.5) is 0 Å². The Kier molecular flexibility index (Phi) is 11.5. The molecule has 0 amide bonds. The topological polar surface area (TPSA) is 17.8 Å². The van der Waals surface area contributed by atoms with Crippen LogP contribution in [0.15, 0.2) is 12.5 Å². The summed E-state index contributed by atoms with van der Waals surface area (Å²) in [5.41, 5.74) is 1.10. The Hall–Kier alpha value is -0.790. The van der Waals surface area contributed by atoms with Gasteiger partial charge in [0.25, 0.3) is 0 Å². The summed E-state index contributed by atoms with van der Waals surface area (Å²) in [6.07, 6.45) is 3.95.